The van der Waals surface area contributed by atoms with E-state index < -0.39 is 24.1 Å². The van der Waals surface area contributed by atoms with Crippen molar-refractivity contribution in [3.63, 3.8) is 0 Å². The van der Waals surface area contributed by atoms with E-state index in [1.807, 2.05) is 18.2 Å². The number of hydrogen-bond donors (Lipinski definition) is 3. The summed E-state index contributed by atoms with van der Waals surface area (Å²) in [6.07, 6.45) is -3.70. The molecule has 128 valence electrons. The van der Waals surface area contributed by atoms with Crippen LogP contribution in [-0.4, -0.2) is 29.0 Å². The lowest BCUT2D eigenvalue weighted by atomic mass is 10.0. The molecule has 2 rings (SSSR count). The van der Waals surface area contributed by atoms with Crippen LogP contribution >= 0.6 is 11.6 Å². The van der Waals surface area contributed by atoms with Gasteiger partial charge in [0.2, 0.25) is 0 Å². The summed E-state index contributed by atoms with van der Waals surface area (Å²) in [7, 11) is 0. The Kier molecular flexibility index (Phi) is 6.54. The molecular formula is C17H17ClFNO4. The molecular weight excluding hydrogens is 337 g/mol. The number of alkyl carbamates (subject to hydrolysis) is 1. The summed E-state index contributed by atoms with van der Waals surface area (Å²) >= 11 is 5.63. The van der Waals surface area contributed by atoms with Crippen LogP contribution in [0.5, 0.6) is 0 Å². The van der Waals surface area contributed by atoms with E-state index in [4.69, 9.17) is 16.3 Å². The molecule has 0 saturated carbocycles. The highest BCUT2D eigenvalue weighted by Crippen LogP contribution is 2.25. The molecule has 2 atom stereocenters. The van der Waals surface area contributed by atoms with Gasteiger partial charge in [0.1, 0.15) is 24.6 Å². The Balaban J connectivity index is 1.82. The van der Waals surface area contributed by atoms with E-state index in [0.717, 1.165) is 5.56 Å². The Morgan fingerprint density at radius 1 is 1.17 bits per heavy atom. The second-order valence-corrected chi connectivity index (χ2v) is 5.51. The zero-order chi connectivity index (χ0) is 17.5. The molecule has 24 heavy (non-hydrogen) atoms. The van der Waals surface area contributed by atoms with Gasteiger partial charge < -0.3 is 20.3 Å². The average Bonchev–Trinajstić information content (AvgIpc) is 2.60. The van der Waals surface area contributed by atoms with Crippen molar-refractivity contribution in [1.82, 2.24) is 5.32 Å². The fourth-order valence-corrected chi connectivity index (χ4v) is 2.21. The molecule has 0 saturated heterocycles. The minimum absolute atomic E-state index is 0.0776. The molecule has 2 unspecified atom stereocenters. The van der Waals surface area contributed by atoms with Gasteiger partial charge in [-0.1, -0.05) is 54.1 Å². The summed E-state index contributed by atoms with van der Waals surface area (Å²) in [5.41, 5.74) is 0.670. The number of carbonyl (C=O) groups excluding carboxylic acids is 1. The van der Waals surface area contributed by atoms with E-state index in [-0.39, 0.29) is 23.7 Å². The number of rotatable bonds is 6. The van der Waals surface area contributed by atoms with Gasteiger partial charge in [-0.25, -0.2) is 9.18 Å². The summed E-state index contributed by atoms with van der Waals surface area (Å²) in [6.45, 7) is -0.227. The van der Waals surface area contributed by atoms with Crippen LogP contribution in [-0.2, 0) is 11.3 Å². The molecule has 0 heterocycles. The molecule has 0 spiro atoms. The number of hydrogen-bond acceptors (Lipinski definition) is 4. The second kappa shape index (κ2) is 8.63. The highest BCUT2D eigenvalue weighted by molar-refractivity contribution is 6.30. The smallest absolute Gasteiger partial charge is 0.407 e. The number of nitrogens with one attached hydrogen (secondary N) is 1. The van der Waals surface area contributed by atoms with Crippen LogP contribution in [0, 0.1) is 5.82 Å². The Hall–Kier alpha value is -2.15. The van der Waals surface area contributed by atoms with Crippen LogP contribution < -0.4 is 5.32 Å². The largest absolute Gasteiger partial charge is 0.445 e. The van der Waals surface area contributed by atoms with E-state index >= 15 is 0 Å². The maximum atomic E-state index is 13.8. The molecule has 3 N–H and O–H groups in total. The molecule has 0 bridgehead atoms. The van der Waals surface area contributed by atoms with Crippen molar-refractivity contribution in [2.24, 2.45) is 0 Å². The number of aliphatic hydroxyl groups is 2. The van der Waals surface area contributed by atoms with Crippen LogP contribution in [0.1, 0.15) is 17.2 Å². The van der Waals surface area contributed by atoms with Crippen molar-refractivity contribution in [2.75, 3.05) is 6.54 Å². The fourth-order valence-electron chi connectivity index (χ4n) is 2.03. The second-order valence-electron chi connectivity index (χ2n) is 5.10. The number of amides is 1. The van der Waals surface area contributed by atoms with Gasteiger partial charge in [-0.3, -0.25) is 0 Å². The van der Waals surface area contributed by atoms with Crippen LogP contribution in [0.2, 0.25) is 5.02 Å². The van der Waals surface area contributed by atoms with Crippen LogP contribution in [0.25, 0.3) is 0 Å². The van der Waals surface area contributed by atoms with Crippen molar-refractivity contribution in [3.05, 3.63) is 70.5 Å². The van der Waals surface area contributed by atoms with Crippen molar-refractivity contribution >= 4 is 17.7 Å². The minimum Gasteiger partial charge on any atom is -0.445 e. The van der Waals surface area contributed by atoms with Crippen molar-refractivity contribution in [2.45, 2.75) is 18.8 Å². The molecule has 0 aliphatic rings. The first-order valence-electron chi connectivity index (χ1n) is 7.23. The van der Waals surface area contributed by atoms with Crippen molar-refractivity contribution < 1.29 is 24.1 Å². The van der Waals surface area contributed by atoms with Gasteiger partial charge in [0.25, 0.3) is 0 Å². The lowest BCUT2D eigenvalue weighted by molar-refractivity contribution is 0.0164. The Morgan fingerprint density at radius 3 is 2.58 bits per heavy atom. The maximum absolute atomic E-state index is 13.8. The number of benzene rings is 2. The maximum Gasteiger partial charge on any atom is 0.407 e. The third-order valence-corrected chi connectivity index (χ3v) is 3.62. The predicted molar refractivity (Wildman–Crippen MR) is 87.0 cm³/mol. The Bertz CT molecular complexity index is 684. The highest BCUT2D eigenvalue weighted by Gasteiger charge is 2.23. The fraction of sp³-hybridized carbons (Fsp3) is 0.235. The van der Waals surface area contributed by atoms with E-state index in [9.17, 15) is 19.4 Å². The average molecular weight is 354 g/mol. The first kappa shape index (κ1) is 18.2. The van der Waals surface area contributed by atoms with E-state index in [0.29, 0.717) is 0 Å². The van der Waals surface area contributed by atoms with E-state index in [1.54, 1.807) is 12.1 Å². The summed E-state index contributed by atoms with van der Waals surface area (Å²) in [5, 5.41) is 22.0. The third-order valence-electron chi connectivity index (χ3n) is 3.33. The molecule has 0 fully saturated rings. The Morgan fingerprint density at radius 2 is 1.88 bits per heavy atom. The molecule has 0 aromatic heterocycles. The monoisotopic (exact) mass is 353 g/mol. The zero-order valence-corrected chi connectivity index (χ0v) is 13.4. The highest BCUT2D eigenvalue weighted by atomic mass is 35.5. The molecule has 0 radical (unpaired) electrons. The van der Waals surface area contributed by atoms with Gasteiger partial charge >= 0.3 is 6.09 Å². The van der Waals surface area contributed by atoms with Crippen molar-refractivity contribution in [1.29, 1.82) is 0 Å². The first-order chi connectivity index (χ1) is 11.5. The lowest BCUT2D eigenvalue weighted by Crippen LogP contribution is -2.36. The lowest BCUT2D eigenvalue weighted by Gasteiger charge is -2.19. The van der Waals surface area contributed by atoms with Gasteiger partial charge in [0.15, 0.2) is 0 Å². The van der Waals surface area contributed by atoms with Gasteiger partial charge in [0, 0.05) is 12.1 Å². The normalized spacial score (nSPS) is 13.2. The molecule has 0 aliphatic carbocycles. The zero-order valence-electron chi connectivity index (χ0n) is 12.7. The molecule has 2 aromatic carbocycles. The number of ether oxygens (including phenoxy) is 1. The molecule has 5 nitrogen and oxygen atoms in total. The molecule has 1 amide bonds. The van der Waals surface area contributed by atoms with Crippen LogP contribution in [0.4, 0.5) is 9.18 Å². The summed E-state index contributed by atoms with van der Waals surface area (Å²) in [5.74, 6) is -0.808. The standard InChI is InChI=1S/C17H17ClFNO4/c18-13-8-4-7-12(15(13)19)16(22)14(21)9-20-17(23)24-10-11-5-2-1-3-6-11/h1-8,14,16,21-22H,9-10H2,(H,20,23). The molecule has 7 heteroatoms. The minimum atomic E-state index is -1.53. The van der Waals surface area contributed by atoms with E-state index in [1.165, 1.54) is 18.2 Å². The van der Waals surface area contributed by atoms with Gasteiger partial charge in [-0.15, -0.1) is 0 Å². The summed E-state index contributed by atoms with van der Waals surface area (Å²) in [4.78, 5) is 11.6. The van der Waals surface area contributed by atoms with Gasteiger partial charge in [-0.2, -0.15) is 0 Å². The number of halogens is 2. The van der Waals surface area contributed by atoms with Gasteiger partial charge in [-0.05, 0) is 11.6 Å². The topological polar surface area (TPSA) is 78.8 Å². The first-order valence-corrected chi connectivity index (χ1v) is 7.61. The van der Waals surface area contributed by atoms with E-state index in [2.05, 4.69) is 5.32 Å². The molecule has 0 aliphatic heterocycles. The third kappa shape index (κ3) is 4.92. The SMILES string of the molecule is O=C(NCC(O)C(O)c1cccc(Cl)c1F)OCc1ccccc1. The quantitative estimate of drug-likeness (QED) is 0.746. The summed E-state index contributed by atoms with van der Waals surface area (Å²) < 4.78 is 18.8. The van der Waals surface area contributed by atoms with Crippen LogP contribution in [0.15, 0.2) is 48.5 Å². The summed E-state index contributed by atoms with van der Waals surface area (Å²) in [6, 6.07) is 13.2. The molecule has 2 aromatic rings. The Labute approximate surface area is 143 Å². The van der Waals surface area contributed by atoms with Gasteiger partial charge in [0.05, 0.1) is 5.02 Å². The van der Waals surface area contributed by atoms with Crippen LogP contribution in [0.3, 0.4) is 0 Å². The predicted octanol–water partition coefficient (Wildman–Crippen LogP) is 2.80. The number of carbonyl (C=O) groups is 1. The van der Waals surface area contributed by atoms with Crippen molar-refractivity contribution in [3.8, 4) is 0 Å². The number of aliphatic hydroxyl groups excluding tert-OH is 2.